The lowest BCUT2D eigenvalue weighted by atomic mass is 9.66. The van der Waals surface area contributed by atoms with Crippen molar-refractivity contribution in [3.63, 3.8) is 0 Å². The third-order valence-corrected chi connectivity index (χ3v) is 5.06. The Bertz CT molecular complexity index is 270. The Morgan fingerprint density at radius 2 is 1.50 bits per heavy atom. The summed E-state index contributed by atoms with van der Waals surface area (Å²) in [4.78, 5) is 13.4. The first-order valence-corrected chi connectivity index (χ1v) is 6.42. The Kier molecular flexibility index (Phi) is 2.99. The van der Waals surface area contributed by atoms with Crippen LogP contribution in [-0.2, 0) is 4.79 Å². The van der Waals surface area contributed by atoms with Crippen molar-refractivity contribution in [3.05, 3.63) is 0 Å². The average Bonchev–Trinajstić information content (AvgIpc) is 2.67. The van der Waals surface area contributed by atoms with E-state index in [1.807, 2.05) is 19.0 Å². The van der Waals surface area contributed by atoms with Crippen LogP contribution < -0.4 is 0 Å². The van der Waals surface area contributed by atoms with Crippen LogP contribution in [0.15, 0.2) is 0 Å². The van der Waals surface area contributed by atoms with Gasteiger partial charge in [0, 0.05) is 0 Å². The van der Waals surface area contributed by atoms with Crippen molar-refractivity contribution in [1.82, 2.24) is 4.90 Å². The number of carboxylic acids is 1. The van der Waals surface area contributed by atoms with Crippen molar-refractivity contribution in [2.24, 2.45) is 5.41 Å². The van der Waals surface area contributed by atoms with Gasteiger partial charge in [-0.15, -0.1) is 0 Å². The Labute approximate surface area is 97.8 Å². The molecule has 3 heteroatoms. The highest BCUT2D eigenvalue weighted by Gasteiger charge is 2.49. The second-order valence-electron chi connectivity index (χ2n) is 5.94. The number of likely N-dealkylation sites (N-methyl/N-ethyl adjacent to an activating group) is 1. The van der Waals surface area contributed by atoms with Crippen LogP contribution in [0.2, 0.25) is 0 Å². The van der Waals surface area contributed by atoms with Gasteiger partial charge in [-0.25, -0.2) is 0 Å². The van der Waals surface area contributed by atoms with Gasteiger partial charge in [-0.2, -0.15) is 0 Å². The van der Waals surface area contributed by atoms with Crippen LogP contribution in [0, 0.1) is 5.41 Å². The van der Waals surface area contributed by atoms with Gasteiger partial charge in [-0.1, -0.05) is 12.8 Å². The molecule has 0 unspecified atom stereocenters. The standard InChI is InChI=1S/C13H23NO2/c1-14(2)13(11(15)16)9-7-12(8-10-13)5-3-4-6-12/h3-10H2,1-2H3,(H,15,16). The molecule has 2 saturated carbocycles. The largest absolute Gasteiger partial charge is 0.480 e. The Morgan fingerprint density at radius 1 is 1.00 bits per heavy atom. The summed E-state index contributed by atoms with van der Waals surface area (Å²) in [6, 6.07) is 0. The molecule has 0 aromatic heterocycles. The first-order valence-electron chi connectivity index (χ1n) is 6.42. The van der Waals surface area contributed by atoms with Gasteiger partial charge in [0.1, 0.15) is 5.54 Å². The number of aliphatic carboxylic acids is 1. The van der Waals surface area contributed by atoms with Gasteiger partial charge in [0.05, 0.1) is 0 Å². The van der Waals surface area contributed by atoms with E-state index >= 15 is 0 Å². The normalized spacial score (nSPS) is 27.4. The van der Waals surface area contributed by atoms with Crippen LogP contribution in [0.4, 0.5) is 0 Å². The zero-order valence-electron chi connectivity index (χ0n) is 10.5. The molecule has 0 saturated heterocycles. The van der Waals surface area contributed by atoms with Gasteiger partial charge in [-0.05, 0) is 58.0 Å². The van der Waals surface area contributed by atoms with Crippen LogP contribution in [0.5, 0.6) is 0 Å². The molecule has 3 nitrogen and oxygen atoms in total. The molecular weight excluding hydrogens is 202 g/mol. The monoisotopic (exact) mass is 225 g/mol. The lowest BCUT2D eigenvalue weighted by Gasteiger charge is -2.45. The van der Waals surface area contributed by atoms with E-state index in [0.29, 0.717) is 5.41 Å². The maximum Gasteiger partial charge on any atom is 0.324 e. The third-order valence-electron chi connectivity index (χ3n) is 5.06. The smallest absolute Gasteiger partial charge is 0.324 e. The molecule has 0 amide bonds. The van der Waals surface area contributed by atoms with Crippen molar-refractivity contribution >= 4 is 5.97 Å². The molecule has 1 spiro atoms. The first kappa shape index (κ1) is 11.9. The van der Waals surface area contributed by atoms with Gasteiger partial charge >= 0.3 is 5.97 Å². The number of carboxylic acid groups (broad SMARTS) is 1. The predicted octanol–water partition coefficient (Wildman–Crippen LogP) is 2.51. The Balaban J connectivity index is 2.09. The molecule has 2 aliphatic carbocycles. The minimum Gasteiger partial charge on any atom is -0.480 e. The van der Waals surface area contributed by atoms with E-state index in [0.717, 1.165) is 25.7 Å². The first-order chi connectivity index (χ1) is 7.51. The molecule has 0 aliphatic heterocycles. The molecule has 0 heterocycles. The fraction of sp³-hybridized carbons (Fsp3) is 0.923. The molecule has 0 aromatic rings. The molecule has 0 atom stereocenters. The summed E-state index contributed by atoms with van der Waals surface area (Å²) in [5, 5.41) is 9.45. The molecule has 16 heavy (non-hydrogen) atoms. The fourth-order valence-electron chi connectivity index (χ4n) is 3.67. The lowest BCUT2D eigenvalue weighted by molar-refractivity contribution is -0.154. The van der Waals surface area contributed by atoms with Gasteiger partial charge in [-0.3, -0.25) is 9.69 Å². The molecule has 92 valence electrons. The number of nitrogens with zero attached hydrogens (tertiary/aromatic N) is 1. The van der Waals surface area contributed by atoms with Gasteiger partial charge in [0.25, 0.3) is 0 Å². The maximum atomic E-state index is 11.5. The zero-order valence-corrected chi connectivity index (χ0v) is 10.5. The van der Waals surface area contributed by atoms with Crippen molar-refractivity contribution in [2.45, 2.75) is 56.9 Å². The van der Waals surface area contributed by atoms with Crippen LogP contribution in [0.1, 0.15) is 51.4 Å². The maximum absolute atomic E-state index is 11.5. The highest BCUT2D eigenvalue weighted by Crippen LogP contribution is 2.52. The van der Waals surface area contributed by atoms with Crippen LogP contribution in [-0.4, -0.2) is 35.6 Å². The molecular formula is C13H23NO2. The summed E-state index contributed by atoms with van der Waals surface area (Å²) in [5.74, 6) is -0.634. The van der Waals surface area contributed by atoms with E-state index in [2.05, 4.69) is 0 Å². The third kappa shape index (κ3) is 1.75. The number of hydrogen-bond donors (Lipinski definition) is 1. The summed E-state index contributed by atoms with van der Waals surface area (Å²) in [6.45, 7) is 0. The summed E-state index contributed by atoms with van der Waals surface area (Å²) >= 11 is 0. The quantitative estimate of drug-likeness (QED) is 0.785. The van der Waals surface area contributed by atoms with Crippen molar-refractivity contribution < 1.29 is 9.90 Å². The van der Waals surface area contributed by atoms with E-state index in [4.69, 9.17) is 0 Å². The summed E-state index contributed by atoms with van der Waals surface area (Å²) in [7, 11) is 3.81. The predicted molar refractivity (Wildman–Crippen MR) is 63.4 cm³/mol. The second-order valence-corrected chi connectivity index (χ2v) is 5.94. The average molecular weight is 225 g/mol. The van der Waals surface area contributed by atoms with Crippen molar-refractivity contribution in [3.8, 4) is 0 Å². The molecule has 1 N–H and O–H groups in total. The van der Waals surface area contributed by atoms with Gasteiger partial charge in [0.15, 0.2) is 0 Å². The molecule has 0 radical (unpaired) electrons. The number of hydrogen-bond acceptors (Lipinski definition) is 2. The van der Waals surface area contributed by atoms with Crippen molar-refractivity contribution in [2.75, 3.05) is 14.1 Å². The number of rotatable bonds is 2. The molecule has 0 bridgehead atoms. The molecule has 0 aromatic carbocycles. The highest BCUT2D eigenvalue weighted by molar-refractivity contribution is 5.78. The van der Waals surface area contributed by atoms with Gasteiger partial charge < -0.3 is 5.11 Å². The Morgan fingerprint density at radius 3 is 1.88 bits per heavy atom. The number of carbonyl (C=O) groups is 1. The zero-order chi connectivity index (χ0) is 11.8. The SMILES string of the molecule is CN(C)C1(C(=O)O)CCC2(CCCC2)CC1. The second kappa shape index (κ2) is 4.02. The Hall–Kier alpha value is -0.570. The van der Waals surface area contributed by atoms with Gasteiger partial charge in [0.2, 0.25) is 0 Å². The summed E-state index contributed by atoms with van der Waals surface area (Å²) in [5.41, 5.74) is -0.0806. The van der Waals surface area contributed by atoms with E-state index in [1.165, 1.54) is 25.7 Å². The molecule has 2 rings (SSSR count). The van der Waals surface area contributed by atoms with Crippen LogP contribution >= 0.6 is 0 Å². The molecule has 2 fully saturated rings. The van der Waals surface area contributed by atoms with E-state index in [9.17, 15) is 9.90 Å². The lowest BCUT2D eigenvalue weighted by Crippen LogP contribution is -2.54. The summed E-state index contributed by atoms with van der Waals surface area (Å²) < 4.78 is 0. The minimum atomic E-state index is -0.634. The molecule has 2 aliphatic rings. The van der Waals surface area contributed by atoms with Crippen LogP contribution in [0.3, 0.4) is 0 Å². The van der Waals surface area contributed by atoms with Crippen LogP contribution in [0.25, 0.3) is 0 Å². The minimum absolute atomic E-state index is 0.509. The van der Waals surface area contributed by atoms with E-state index in [1.54, 1.807) is 0 Å². The van der Waals surface area contributed by atoms with Crippen molar-refractivity contribution in [1.29, 1.82) is 0 Å². The fourth-order valence-corrected chi connectivity index (χ4v) is 3.67. The topological polar surface area (TPSA) is 40.5 Å². The van der Waals surface area contributed by atoms with E-state index < -0.39 is 11.5 Å². The summed E-state index contributed by atoms with van der Waals surface area (Å²) in [6.07, 6.45) is 9.23. The highest BCUT2D eigenvalue weighted by atomic mass is 16.4. The van der Waals surface area contributed by atoms with E-state index in [-0.39, 0.29) is 0 Å².